The van der Waals surface area contributed by atoms with Crippen LogP contribution in [0.5, 0.6) is 11.5 Å². The Balaban J connectivity index is 1.63. The van der Waals surface area contributed by atoms with Crippen molar-refractivity contribution in [2.24, 2.45) is 5.73 Å². The molecule has 11 heteroatoms. The molecule has 3 aromatic rings. The minimum Gasteiger partial charge on any atom is -0.494 e. The predicted octanol–water partition coefficient (Wildman–Crippen LogP) is 3.75. The molecule has 3 N–H and O–H groups in total. The maximum absolute atomic E-state index is 12.5. The number of rotatable bonds is 6. The van der Waals surface area contributed by atoms with Crippen LogP contribution in [0.1, 0.15) is 21.5 Å². The van der Waals surface area contributed by atoms with Crippen molar-refractivity contribution in [2.45, 2.75) is 19.5 Å². The SMILES string of the molecule is COc1cc(OC(F)(F)F)ccc1Nc1ncc(C(N)=O)c(N2Cc3ccccc3C2)n1. The Bertz CT molecular complexity index is 1140. The number of hydrogen-bond acceptors (Lipinski definition) is 7. The molecule has 0 aliphatic carbocycles. The molecule has 32 heavy (non-hydrogen) atoms. The third kappa shape index (κ3) is 4.51. The summed E-state index contributed by atoms with van der Waals surface area (Å²) in [4.78, 5) is 22.4. The molecule has 2 heterocycles. The molecule has 1 aliphatic heterocycles. The zero-order valence-electron chi connectivity index (χ0n) is 16.8. The van der Waals surface area contributed by atoms with Crippen LogP contribution in [0.3, 0.4) is 0 Å². The third-order valence-electron chi connectivity index (χ3n) is 4.83. The molecule has 0 saturated heterocycles. The van der Waals surface area contributed by atoms with Gasteiger partial charge in [-0.05, 0) is 23.3 Å². The largest absolute Gasteiger partial charge is 0.573 e. The van der Waals surface area contributed by atoms with E-state index in [0.717, 1.165) is 23.3 Å². The Kier molecular flexibility index (Phi) is 5.47. The van der Waals surface area contributed by atoms with Gasteiger partial charge in [-0.2, -0.15) is 4.98 Å². The first-order valence-electron chi connectivity index (χ1n) is 9.43. The van der Waals surface area contributed by atoms with E-state index in [1.54, 1.807) is 0 Å². The number of aromatic nitrogens is 2. The molecule has 0 saturated carbocycles. The molecule has 166 valence electrons. The molecule has 0 atom stereocenters. The van der Waals surface area contributed by atoms with Crippen molar-refractivity contribution in [3.05, 3.63) is 65.4 Å². The van der Waals surface area contributed by atoms with Crippen molar-refractivity contribution in [1.29, 1.82) is 0 Å². The van der Waals surface area contributed by atoms with E-state index in [1.165, 1.54) is 19.4 Å². The number of methoxy groups -OCH3 is 1. The molecule has 0 spiro atoms. The van der Waals surface area contributed by atoms with E-state index in [-0.39, 0.29) is 17.3 Å². The molecule has 1 aliphatic rings. The Morgan fingerprint density at radius 1 is 1.16 bits per heavy atom. The number of hydrogen-bond donors (Lipinski definition) is 2. The van der Waals surface area contributed by atoms with Crippen LogP contribution < -0.4 is 25.4 Å². The van der Waals surface area contributed by atoms with Crippen molar-refractivity contribution < 1.29 is 27.4 Å². The zero-order chi connectivity index (χ0) is 22.9. The molecule has 0 unspecified atom stereocenters. The van der Waals surface area contributed by atoms with Crippen LogP contribution >= 0.6 is 0 Å². The predicted molar refractivity (Wildman–Crippen MR) is 110 cm³/mol. The summed E-state index contributed by atoms with van der Waals surface area (Å²) in [5, 5.41) is 2.90. The lowest BCUT2D eigenvalue weighted by Crippen LogP contribution is -2.23. The number of carbonyl (C=O) groups excluding carboxylic acids is 1. The van der Waals surface area contributed by atoms with Crippen molar-refractivity contribution >= 4 is 23.4 Å². The van der Waals surface area contributed by atoms with Crippen molar-refractivity contribution in [2.75, 3.05) is 17.3 Å². The van der Waals surface area contributed by atoms with Crippen LogP contribution in [-0.2, 0) is 13.1 Å². The van der Waals surface area contributed by atoms with Gasteiger partial charge in [-0.15, -0.1) is 13.2 Å². The molecule has 0 fully saturated rings. The highest BCUT2D eigenvalue weighted by Gasteiger charge is 2.31. The highest BCUT2D eigenvalue weighted by Crippen LogP contribution is 2.34. The van der Waals surface area contributed by atoms with E-state index in [4.69, 9.17) is 10.5 Å². The summed E-state index contributed by atoms with van der Waals surface area (Å²) in [7, 11) is 1.31. The molecular formula is C21H18F3N5O3. The van der Waals surface area contributed by atoms with Gasteiger partial charge in [-0.25, -0.2) is 4.98 Å². The summed E-state index contributed by atoms with van der Waals surface area (Å²) in [5.74, 6) is -0.551. The molecule has 0 radical (unpaired) electrons. The fraction of sp³-hybridized carbons (Fsp3) is 0.190. The summed E-state index contributed by atoms with van der Waals surface area (Å²) in [6.07, 6.45) is -3.51. The van der Waals surface area contributed by atoms with E-state index in [9.17, 15) is 18.0 Å². The zero-order valence-corrected chi connectivity index (χ0v) is 16.8. The first kappa shape index (κ1) is 21.2. The number of ether oxygens (including phenoxy) is 2. The average Bonchev–Trinajstić information content (AvgIpc) is 3.17. The number of primary amides is 1. The van der Waals surface area contributed by atoms with Gasteiger partial charge in [0.25, 0.3) is 5.91 Å². The number of nitrogens with zero attached hydrogens (tertiary/aromatic N) is 3. The van der Waals surface area contributed by atoms with Crippen LogP contribution in [0, 0.1) is 0 Å². The minimum absolute atomic E-state index is 0.0875. The van der Waals surface area contributed by atoms with E-state index < -0.39 is 18.0 Å². The molecule has 4 rings (SSSR count). The Labute approximate surface area is 180 Å². The van der Waals surface area contributed by atoms with Gasteiger partial charge in [0.15, 0.2) is 0 Å². The second kappa shape index (κ2) is 8.25. The molecule has 2 aromatic carbocycles. The Morgan fingerprint density at radius 2 is 1.84 bits per heavy atom. The van der Waals surface area contributed by atoms with Crippen LogP contribution in [0.25, 0.3) is 0 Å². The van der Waals surface area contributed by atoms with E-state index in [1.807, 2.05) is 29.2 Å². The van der Waals surface area contributed by atoms with Gasteiger partial charge in [0, 0.05) is 25.4 Å². The number of nitrogens with one attached hydrogen (secondary N) is 1. The topological polar surface area (TPSA) is 103 Å². The van der Waals surface area contributed by atoms with Gasteiger partial charge in [-0.1, -0.05) is 24.3 Å². The number of fused-ring (bicyclic) bond motifs is 1. The highest BCUT2D eigenvalue weighted by molar-refractivity contribution is 5.97. The van der Waals surface area contributed by atoms with E-state index >= 15 is 0 Å². The number of halogens is 3. The average molecular weight is 445 g/mol. The van der Waals surface area contributed by atoms with Crippen molar-refractivity contribution in [3.63, 3.8) is 0 Å². The number of carbonyl (C=O) groups is 1. The normalized spacial score (nSPS) is 12.9. The third-order valence-corrected chi connectivity index (χ3v) is 4.83. The number of alkyl halides is 3. The Morgan fingerprint density at radius 3 is 2.44 bits per heavy atom. The summed E-state index contributed by atoms with van der Waals surface area (Å²) >= 11 is 0. The number of anilines is 3. The highest BCUT2D eigenvalue weighted by atomic mass is 19.4. The summed E-state index contributed by atoms with van der Waals surface area (Å²) < 4.78 is 46.5. The monoisotopic (exact) mass is 445 g/mol. The second-order valence-electron chi connectivity index (χ2n) is 6.95. The van der Waals surface area contributed by atoms with Crippen molar-refractivity contribution in [1.82, 2.24) is 9.97 Å². The molecule has 1 amide bonds. The first-order valence-corrected chi connectivity index (χ1v) is 9.43. The fourth-order valence-electron chi connectivity index (χ4n) is 3.42. The fourth-order valence-corrected chi connectivity index (χ4v) is 3.42. The van der Waals surface area contributed by atoms with Crippen molar-refractivity contribution in [3.8, 4) is 11.5 Å². The maximum Gasteiger partial charge on any atom is 0.573 e. The number of benzene rings is 2. The van der Waals surface area contributed by atoms with Gasteiger partial charge in [0.05, 0.1) is 12.8 Å². The number of amides is 1. The lowest BCUT2D eigenvalue weighted by atomic mass is 10.1. The van der Waals surface area contributed by atoms with Crippen LogP contribution in [-0.4, -0.2) is 29.3 Å². The maximum atomic E-state index is 12.5. The summed E-state index contributed by atoms with van der Waals surface area (Å²) in [6, 6.07) is 11.4. The van der Waals surface area contributed by atoms with Crippen LogP contribution in [0.4, 0.5) is 30.6 Å². The smallest absolute Gasteiger partial charge is 0.494 e. The number of nitrogens with two attached hydrogens (primary N) is 1. The lowest BCUT2D eigenvalue weighted by Gasteiger charge is -2.20. The van der Waals surface area contributed by atoms with Crippen LogP contribution in [0.15, 0.2) is 48.7 Å². The Hall–Kier alpha value is -4.02. The van der Waals surface area contributed by atoms with Crippen LogP contribution in [0.2, 0.25) is 0 Å². The molecule has 1 aromatic heterocycles. The van der Waals surface area contributed by atoms with E-state index in [0.29, 0.717) is 24.6 Å². The quantitative estimate of drug-likeness (QED) is 0.596. The van der Waals surface area contributed by atoms with Gasteiger partial charge in [-0.3, -0.25) is 4.79 Å². The van der Waals surface area contributed by atoms with Gasteiger partial charge < -0.3 is 25.4 Å². The van der Waals surface area contributed by atoms with Gasteiger partial charge in [0.1, 0.15) is 22.9 Å². The summed E-state index contributed by atoms with van der Waals surface area (Å²) in [5.41, 5.74) is 8.20. The first-order chi connectivity index (χ1) is 15.2. The molecular weight excluding hydrogens is 427 g/mol. The standard InChI is InChI=1S/C21H18F3N5O3/c1-31-17-8-14(32-21(22,23)24)6-7-16(17)27-20-26-9-15(18(25)30)19(28-20)29-10-12-4-2-3-5-13(12)11-29/h2-9H,10-11H2,1H3,(H2,25,30)(H,26,27,28). The molecule has 0 bridgehead atoms. The van der Waals surface area contributed by atoms with Gasteiger partial charge in [0.2, 0.25) is 5.95 Å². The minimum atomic E-state index is -4.82. The summed E-state index contributed by atoms with van der Waals surface area (Å²) in [6.45, 7) is 1.08. The van der Waals surface area contributed by atoms with Gasteiger partial charge >= 0.3 is 6.36 Å². The second-order valence-corrected chi connectivity index (χ2v) is 6.95. The lowest BCUT2D eigenvalue weighted by molar-refractivity contribution is -0.274. The molecule has 8 nitrogen and oxygen atoms in total. The van der Waals surface area contributed by atoms with E-state index in [2.05, 4.69) is 20.0 Å².